The Morgan fingerprint density at radius 3 is 2.88 bits per heavy atom. The fourth-order valence-electron chi connectivity index (χ4n) is 2.83. The van der Waals surface area contributed by atoms with Crippen LogP contribution in [0.5, 0.6) is 0 Å². The second-order valence-electron chi connectivity index (χ2n) is 5.87. The van der Waals surface area contributed by atoms with Gasteiger partial charge in [-0.3, -0.25) is 9.36 Å². The van der Waals surface area contributed by atoms with Gasteiger partial charge in [0.2, 0.25) is 0 Å². The zero-order valence-corrected chi connectivity index (χ0v) is 13.5. The molecule has 1 saturated heterocycles. The molecule has 0 saturated carbocycles. The van der Waals surface area contributed by atoms with Gasteiger partial charge in [0.1, 0.15) is 12.4 Å². The Kier molecular flexibility index (Phi) is 3.80. The molecule has 0 radical (unpaired) electrons. The number of hydrogen-bond acceptors (Lipinski definition) is 6. The van der Waals surface area contributed by atoms with Crippen LogP contribution in [0.2, 0.25) is 0 Å². The molecule has 1 aromatic carbocycles. The summed E-state index contributed by atoms with van der Waals surface area (Å²) in [6.07, 6.45) is -2.68. The molecule has 1 unspecified atom stereocenters. The van der Waals surface area contributed by atoms with Gasteiger partial charge in [0.25, 0.3) is 5.91 Å². The minimum Gasteiger partial charge on any atom is -0.387 e. The number of amides is 1. The molecule has 1 aliphatic rings. The van der Waals surface area contributed by atoms with Gasteiger partial charge in [0.15, 0.2) is 29.4 Å². The third-order valence-corrected chi connectivity index (χ3v) is 4.19. The second kappa shape index (κ2) is 6.43. The molecule has 1 fully saturated rings. The minimum atomic E-state index is -1.73. The highest BCUT2D eigenvalue weighted by molar-refractivity contribution is 6.06. The Bertz CT molecular complexity index is 970. The van der Waals surface area contributed by atoms with Crippen LogP contribution < -0.4 is 5.32 Å². The number of imidazole rings is 1. The van der Waals surface area contributed by atoms with Crippen molar-refractivity contribution in [3.05, 3.63) is 48.5 Å². The summed E-state index contributed by atoms with van der Waals surface area (Å²) in [5, 5.41) is 12.5. The Morgan fingerprint density at radius 1 is 1.35 bits per heavy atom. The summed E-state index contributed by atoms with van der Waals surface area (Å²) in [6, 6.07) is 8.61. The van der Waals surface area contributed by atoms with E-state index in [9.17, 15) is 14.3 Å². The summed E-state index contributed by atoms with van der Waals surface area (Å²) < 4.78 is 28.5. The number of aliphatic hydroxyl groups is 1. The van der Waals surface area contributed by atoms with Crippen molar-refractivity contribution in [2.24, 2.45) is 0 Å². The molecular weight excluding hydrogens is 341 g/mol. The highest BCUT2D eigenvalue weighted by Crippen LogP contribution is 2.33. The summed E-state index contributed by atoms with van der Waals surface area (Å²) >= 11 is 0. The van der Waals surface area contributed by atoms with Crippen molar-refractivity contribution in [2.75, 3.05) is 5.32 Å². The number of aliphatic hydroxyl groups excluding tert-OH is 1. The topological polar surface area (TPSA) is 102 Å². The standard InChI is InChI=1S/C17H16FN5O3/c1-9-13(24)11(18)17(26-9)23-8-21-12-14(19-7-20-15(12)23)22-16(25)10-5-3-2-4-6-10/h2-9,11,13,17,24H,1H3,(H,19,20,22,25)/t9-,11-,13-,17?/m1/s1/i1D. The van der Waals surface area contributed by atoms with Crippen molar-refractivity contribution < 1.29 is 20.4 Å². The molecule has 0 spiro atoms. The van der Waals surface area contributed by atoms with Crippen LogP contribution in [0.4, 0.5) is 10.2 Å². The number of benzene rings is 1. The lowest BCUT2D eigenvalue weighted by Gasteiger charge is -2.14. The van der Waals surface area contributed by atoms with Crippen LogP contribution in [0.1, 0.15) is 24.9 Å². The largest absolute Gasteiger partial charge is 0.387 e. The highest BCUT2D eigenvalue weighted by atomic mass is 19.1. The van der Waals surface area contributed by atoms with E-state index in [1.807, 2.05) is 0 Å². The first-order valence-corrected chi connectivity index (χ1v) is 7.91. The first-order chi connectivity index (χ1) is 13.1. The summed E-state index contributed by atoms with van der Waals surface area (Å²) in [5.41, 5.74) is 0.966. The summed E-state index contributed by atoms with van der Waals surface area (Å²) in [7, 11) is 0. The number of carbonyl (C=O) groups excluding carboxylic acids is 1. The average molecular weight is 358 g/mol. The molecule has 2 N–H and O–H groups in total. The zero-order chi connectivity index (χ0) is 19.0. The molecule has 1 aliphatic heterocycles. The molecule has 1 amide bonds. The number of ether oxygens (including phenoxy) is 1. The lowest BCUT2D eigenvalue weighted by molar-refractivity contribution is -0.0137. The fourth-order valence-corrected chi connectivity index (χ4v) is 2.83. The molecule has 3 aromatic rings. The van der Waals surface area contributed by atoms with E-state index in [0.717, 1.165) is 0 Å². The number of anilines is 1. The maximum Gasteiger partial charge on any atom is 0.256 e. The van der Waals surface area contributed by atoms with Crippen LogP contribution >= 0.6 is 0 Å². The third kappa shape index (κ3) is 2.71. The van der Waals surface area contributed by atoms with Crippen molar-refractivity contribution in [3.63, 3.8) is 0 Å². The van der Waals surface area contributed by atoms with E-state index in [1.54, 1.807) is 30.3 Å². The second-order valence-corrected chi connectivity index (χ2v) is 5.87. The molecule has 134 valence electrons. The number of carbonyl (C=O) groups is 1. The Balaban J connectivity index is 1.65. The maximum atomic E-state index is 14.4. The maximum absolute atomic E-state index is 14.4. The molecule has 0 bridgehead atoms. The molecule has 4 rings (SSSR count). The number of hydrogen-bond donors (Lipinski definition) is 2. The Morgan fingerprint density at radius 2 is 2.15 bits per heavy atom. The number of nitrogens with one attached hydrogen (secondary N) is 1. The molecule has 2 aromatic heterocycles. The van der Waals surface area contributed by atoms with E-state index in [-0.39, 0.29) is 29.8 Å². The predicted molar refractivity (Wildman–Crippen MR) is 90.2 cm³/mol. The Labute approximate surface area is 149 Å². The van der Waals surface area contributed by atoms with E-state index in [4.69, 9.17) is 6.11 Å². The monoisotopic (exact) mass is 358 g/mol. The van der Waals surface area contributed by atoms with E-state index in [1.165, 1.54) is 17.2 Å². The van der Waals surface area contributed by atoms with Crippen LogP contribution in [0, 0.1) is 0 Å². The average Bonchev–Trinajstić information content (AvgIpc) is 3.25. The van der Waals surface area contributed by atoms with Crippen LogP contribution in [-0.4, -0.2) is 48.9 Å². The van der Waals surface area contributed by atoms with Gasteiger partial charge in [0.05, 0.1) is 12.4 Å². The quantitative estimate of drug-likeness (QED) is 0.739. The number of nitrogens with zero attached hydrogens (tertiary/aromatic N) is 4. The van der Waals surface area contributed by atoms with Gasteiger partial charge >= 0.3 is 0 Å². The molecule has 26 heavy (non-hydrogen) atoms. The lowest BCUT2D eigenvalue weighted by atomic mass is 10.2. The van der Waals surface area contributed by atoms with Crippen LogP contribution in [0.3, 0.4) is 0 Å². The third-order valence-electron chi connectivity index (χ3n) is 4.19. The number of fused-ring (bicyclic) bond motifs is 1. The predicted octanol–water partition coefficient (Wildman–Crippen LogP) is 1.69. The fraction of sp³-hybridized carbons (Fsp3) is 0.294. The van der Waals surface area contributed by atoms with Gasteiger partial charge in [-0.1, -0.05) is 18.2 Å². The number of aromatic nitrogens is 4. The van der Waals surface area contributed by atoms with Crippen molar-refractivity contribution in [3.8, 4) is 0 Å². The van der Waals surface area contributed by atoms with Gasteiger partial charge in [-0.25, -0.2) is 19.3 Å². The zero-order valence-electron chi connectivity index (χ0n) is 14.5. The van der Waals surface area contributed by atoms with Crippen molar-refractivity contribution in [1.82, 2.24) is 19.5 Å². The van der Waals surface area contributed by atoms with Crippen LogP contribution in [0.25, 0.3) is 11.2 Å². The SMILES string of the molecule is [2H]C[C@H]1OC(n2cnc3c(NC(=O)c4ccccc4)ncnc32)[C@H](F)[C@@H]1O. The summed E-state index contributed by atoms with van der Waals surface area (Å²) in [6.45, 7) is -0.266. The van der Waals surface area contributed by atoms with E-state index in [0.29, 0.717) is 5.56 Å². The molecule has 0 aliphatic carbocycles. The summed E-state index contributed by atoms with van der Waals surface area (Å²) in [5.74, 6) is -0.186. The van der Waals surface area contributed by atoms with Gasteiger partial charge in [0, 0.05) is 6.93 Å². The normalized spacial score (nSPS) is 26.0. The highest BCUT2D eigenvalue weighted by Gasteiger charge is 2.43. The van der Waals surface area contributed by atoms with Gasteiger partial charge in [-0.05, 0) is 19.0 Å². The molecular formula is C17H16FN5O3. The lowest BCUT2D eigenvalue weighted by Crippen LogP contribution is -2.26. The van der Waals surface area contributed by atoms with Crippen LogP contribution in [-0.2, 0) is 4.74 Å². The van der Waals surface area contributed by atoms with Gasteiger partial charge < -0.3 is 15.2 Å². The smallest absolute Gasteiger partial charge is 0.256 e. The molecule has 8 nitrogen and oxygen atoms in total. The van der Waals surface area contributed by atoms with Gasteiger partial charge in [-0.15, -0.1) is 0 Å². The minimum absolute atomic E-state index is 0.179. The van der Waals surface area contributed by atoms with Crippen molar-refractivity contribution in [1.29, 1.82) is 0 Å². The number of halogens is 1. The van der Waals surface area contributed by atoms with Gasteiger partial charge in [-0.2, -0.15) is 0 Å². The molecule has 9 heteroatoms. The Hall–Kier alpha value is -2.91. The first kappa shape index (κ1) is 15.4. The summed E-state index contributed by atoms with van der Waals surface area (Å²) in [4.78, 5) is 24.7. The van der Waals surface area contributed by atoms with E-state index in [2.05, 4.69) is 20.3 Å². The van der Waals surface area contributed by atoms with Crippen LogP contribution in [0.15, 0.2) is 43.0 Å². The van der Waals surface area contributed by atoms with E-state index >= 15 is 0 Å². The first-order valence-electron chi connectivity index (χ1n) is 8.61. The van der Waals surface area contributed by atoms with E-state index < -0.39 is 24.6 Å². The number of alkyl halides is 1. The molecule has 4 atom stereocenters. The molecule has 3 heterocycles. The van der Waals surface area contributed by atoms with Crippen molar-refractivity contribution in [2.45, 2.75) is 31.5 Å². The van der Waals surface area contributed by atoms with Crippen molar-refractivity contribution >= 4 is 22.9 Å². The number of rotatable bonds is 3.